The molecule has 1 N–H and O–H groups in total. The molecule has 2 rings (SSSR count). The molecule has 0 bridgehead atoms. The summed E-state index contributed by atoms with van der Waals surface area (Å²) >= 11 is 3.45. The molecule has 5 heteroatoms. The summed E-state index contributed by atoms with van der Waals surface area (Å²) in [6.07, 6.45) is 1.82. The molecule has 0 aliphatic carbocycles. The van der Waals surface area contributed by atoms with Gasteiger partial charge in [-0.15, -0.1) is 0 Å². The van der Waals surface area contributed by atoms with Crippen LogP contribution in [0.2, 0.25) is 0 Å². The van der Waals surface area contributed by atoms with Crippen LogP contribution in [0, 0.1) is 6.92 Å². The molecule has 0 saturated heterocycles. The number of rotatable bonds is 6. The third-order valence-electron chi connectivity index (χ3n) is 2.97. The second-order valence-electron chi connectivity index (χ2n) is 4.80. The fraction of sp³-hybridized carbons (Fsp3) is 0.375. The molecule has 0 aliphatic heterocycles. The molecule has 0 aliphatic rings. The van der Waals surface area contributed by atoms with Crippen molar-refractivity contribution in [1.29, 1.82) is 0 Å². The van der Waals surface area contributed by atoms with E-state index in [2.05, 4.69) is 38.1 Å². The molecule has 0 radical (unpaired) electrons. The van der Waals surface area contributed by atoms with Crippen LogP contribution in [0.25, 0.3) is 0 Å². The molecule has 0 atom stereocenters. The first-order chi connectivity index (χ1) is 10.1. The number of aromatic nitrogens is 2. The fourth-order valence-electron chi connectivity index (χ4n) is 1.87. The van der Waals surface area contributed by atoms with Crippen LogP contribution in [-0.2, 0) is 6.42 Å². The minimum absolute atomic E-state index is 0.575. The van der Waals surface area contributed by atoms with Crippen molar-refractivity contribution in [2.75, 3.05) is 11.9 Å². The standard InChI is InChI=1S/C16H20BrN3O/c1-4-8-18-15-10-16(20-14(5-2)19-15)21-13-7-6-12(17)9-11(13)3/h6-7,9-10H,4-5,8H2,1-3H3,(H,18,19,20). The zero-order chi connectivity index (χ0) is 15.2. The van der Waals surface area contributed by atoms with Gasteiger partial charge in [0, 0.05) is 23.5 Å². The summed E-state index contributed by atoms with van der Waals surface area (Å²) in [5.74, 6) is 2.97. The number of hydrogen-bond donors (Lipinski definition) is 1. The zero-order valence-corrected chi connectivity index (χ0v) is 14.2. The topological polar surface area (TPSA) is 47.0 Å². The number of aryl methyl sites for hydroxylation is 2. The van der Waals surface area contributed by atoms with Crippen LogP contribution in [0.15, 0.2) is 28.7 Å². The molecule has 0 amide bonds. The lowest BCUT2D eigenvalue weighted by molar-refractivity contribution is 0.455. The molecule has 21 heavy (non-hydrogen) atoms. The van der Waals surface area contributed by atoms with Crippen LogP contribution in [0.1, 0.15) is 31.7 Å². The van der Waals surface area contributed by atoms with Crippen molar-refractivity contribution in [3.05, 3.63) is 40.1 Å². The molecule has 2 aromatic rings. The highest BCUT2D eigenvalue weighted by Gasteiger charge is 2.07. The Labute approximate surface area is 134 Å². The van der Waals surface area contributed by atoms with Gasteiger partial charge in [0.1, 0.15) is 17.4 Å². The van der Waals surface area contributed by atoms with E-state index in [9.17, 15) is 0 Å². The monoisotopic (exact) mass is 349 g/mol. The number of nitrogens with one attached hydrogen (secondary N) is 1. The van der Waals surface area contributed by atoms with Gasteiger partial charge in [-0.1, -0.05) is 29.8 Å². The van der Waals surface area contributed by atoms with E-state index in [-0.39, 0.29) is 0 Å². The Morgan fingerprint density at radius 2 is 2.00 bits per heavy atom. The van der Waals surface area contributed by atoms with Crippen molar-refractivity contribution in [3.63, 3.8) is 0 Å². The molecule has 0 fully saturated rings. The van der Waals surface area contributed by atoms with Crippen LogP contribution < -0.4 is 10.1 Å². The lowest BCUT2D eigenvalue weighted by Gasteiger charge is -2.11. The molecule has 4 nitrogen and oxygen atoms in total. The van der Waals surface area contributed by atoms with Gasteiger partial charge < -0.3 is 10.1 Å². The highest BCUT2D eigenvalue weighted by atomic mass is 79.9. The quantitative estimate of drug-likeness (QED) is 0.819. The van der Waals surface area contributed by atoms with Gasteiger partial charge in [-0.2, -0.15) is 4.98 Å². The van der Waals surface area contributed by atoms with E-state index < -0.39 is 0 Å². The number of anilines is 1. The average Bonchev–Trinajstić information content (AvgIpc) is 2.48. The van der Waals surface area contributed by atoms with E-state index >= 15 is 0 Å². The minimum Gasteiger partial charge on any atom is -0.439 e. The summed E-state index contributed by atoms with van der Waals surface area (Å²) in [5.41, 5.74) is 1.06. The molecule has 112 valence electrons. The third kappa shape index (κ3) is 4.43. The zero-order valence-electron chi connectivity index (χ0n) is 12.6. The van der Waals surface area contributed by atoms with Crippen molar-refractivity contribution < 1.29 is 4.74 Å². The molecule has 1 aromatic carbocycles. The maximum absolute atomic E-state index is 5.92. The van der Waals surface area contributed by atoms with Crippen molar-refractivity contribution in [1.82, 2.24) is 9.97 Å². The van der Waals surface area contributed by atoms with Crippen molar-refractivity contribution >= 4 is 21.7 Å². The van der Waals surface area contributed by atoms with Crippen molar-refractivity contribution in [2.45, 2.75) is 33.6 Å². The lowest BCUT2D eigenvalue weighted by Crippen LogP contribution is -2.05. The van der Waals surface area contributed by atoms with Crippen LogP contribution in [0.5, 0.6) is 11.6 Å². The Hall–Kier alpha value is -1.62. The van der Waals surface area contributed by atoms with Crippen LogP contribution >= 0.6 is 15.9 Å². The lowest BCUT2D eigenvalue weighted by atomic mass is 10.2. The van der Waals surface area contributed by atoms with E-state index in [0.29, 0.717) is 5.88 Å². The van der Waals surface area contributed by atoms with Crippen LogP contribution in [0.3, 0.4) is 0 Å². The molecule has 1 heterocycles. The largest absolute Gasteiger partial charge is 0.439 e. The number of ether oxygens (including phenoxy) is 1. The van der Waals surface area contributed by atoms with Gasteiger partial charge in [0.05, 0.1) is 0 Å². The summed E-state index contributed by atoms with van der Waals surface area (Å²) in [6.45, 7) is 7.06. The van der Waals surface area contributed by atoms with Gasteiger partial charge in [0.15, 0.2) is 0 Å². The van der Waals surface area contributed by atoms with Crippen LogP contribution in [0.4, 0.5) is 5.82 Å². The van der Waals surface area contributed by atoms with Gasteiger partial charge in [-0.3, -0.25) is 0 Å². The van der Waals surface area contributed by atoms with Gasteiger partial charge >= 0.3 is 0 Å². The summed E-state index contributed by atoms with van der Waals surface area (Å²) in [4.78, 5) is 8.89. The Kier molecular flexibility index (Phi) is 5.56. The molecule has 0 spiro atoms. The number of hydrogen-bond acceptors (Lipinski definition) is 4. The minimum atomic E-state index is 0.575. The predicted molar refractivity (Wildman–Crippen MR) is 89.1 cm³/mol. The maximum Gasteiger partial charge on any atom is 0.224 e. The van der Waals surface area contributed by atoms with Crippen molar-refractivity contribution in [3.8, 4) is 11.6 Å². The van der Waals surface area contributed by atoms with Crippen molar-refractivity contribution in [2.24, 2.45) is 0 Å². The summed E-state index contributed by atoms with van der Waals surface area (Å²) in [7, 11) is 0. The molecular formula is C16H20BrN3O. The van der Waals surface area contributed by atoms with E-state index in [1.54, 1.807) is 0 Å². The molecular weight excluding hydrogens is 330 g/mol. The molecule has 1 aromatic heterocycles. The smallest absolute Gasteiger partial charge is 0.224 e. The molecule has 0 unspecified atom stereocenters. The van der Waals surface area contributed by atoms with E-state index in [1.165, 1.54) is 0 Å². The Balaban J connectivity index is 2.25. The first-order valence-electron chi connectivity index (χ1n) is 7.18. The first kappa shape index (κ1) is 15.8. The summed E-state index contributed by atoms with van der Waals surface area (Å²) in [6, 6.07) is 7.76. The van der Waals surface area contributed by atoms with Gasteiger partial charge in [0.25, 0.3) is 0 Å². The maximum atomic E-state index is 5.92. The SMILES string of the molecule is CCCNc1cc(Oc2ccc(Br)cc2C)nc(CC)n1. The number of nitrogens with zero attached hydrogens (tertiary/aromatic N) is 2. The Morgan fingerprint density at radius 1 is 1.19 bits per heavy atom. The fourth-order valence-corrected chi connectivity index (χ4v) is 2.34. The third-order valence-corrected chi connectivity index (χ3v) is 3.47. The predicted octanol–water partition coefficient (Wildman–Crippen LogP) is 4.72. The number of benzene rings is 1. The second-order valence-corrected chi connectivity index (χ2v) is 5.72. The van der Waals surface area contributed by atoms with E-state index in [0.717, 1.165) is 46.8 Å². The van der Waals surface area contributed by atoms with Gasteiger partial charge in [-0.25, -0.2) is 4.98 Å². The van der Waals surface area contributed by atoms with Gasteiger partial charge in [-0.05, 0) is 37.1 Å². The highest BCUT2D eigenvalue weighted by molar-refractivity contribution is 9.10. The Morgan fingerprint density at radius 3 is 2.67 bits per heavy atom. The van der Waals surface area contributed by atoms with Crippen LogP contribution in [-0.4, -0.2) is 16.5 Å². The summed E-state index contributed by atoms with van der Waals surface area (Å²) < 4.78 is 6.95. The van der Waals surface area contributed by atoms with E-state index in [1.807, 2.05) is 38.1 Å². The Bertz CT molecular complexity index is 616. The second kappa shape index (κ2) is 7.41. The summed E-state index contributed by atoms with van der Waals surface area (Å²) in [5, 5.41) is 3.28. The normalized spacial score (nSPS) is 10.5. The average molecular weight is 350 g/mol. The highest BCUT2D eigenvalue weighted by Crippen LogP contribution is 2.27. The number of halogens is 1. The van der Waals surface area contributed by atoms with Gasteiger partial charge in [0.2, 0.25) is 5.88 Å². The molecule has 0 saturated carbocycles. The van der Waals surface area contributed by atoms with E-state index in [4.69, 9.17) is 4.74 Å². The first-order valence-corrected chi connectivity index (χ1v) is 7.97.